The van der Waals surface area contributed by atoms with Crippen molar-refractivity contribution in [1.29, 1.82) is 0 Å². The molecule has 0 saturated carbocycles. The summed E-state index contributed by atoms with van der Waals surface area (Å²) in [5.41, 5.74) is 5.58. The van der Waals surface area contributed by atoms with Crippen molar-refractivity contribution in [1.82, 2.24) is 14.9 Å². The van der Waals surface area contributed by atoms with E-state index < -0.39 is 0 Å². The van der Waals surface area contributed by atoms with Gasteiger partial charge in [0.25, 0.3) is 0 Å². The smallest absolute Gasteiger partial charge is 0.227 e. The molecule has 0 unspecified atom stereocenters. The average Bonchev–Trinajstić information content (AvgIpc) is 2.89. The second kappa shape index (κ2) is 9.91. The molecule has 6 rings (SSSR count). The molecule has 2 aliphatic heterocycles. The van der Waals surface area contributed by atoms with Crippen LogP contribution in [0.3, 0.4) is 0 Å². The molecule has 3 aromatic rings. The lowest BCUT2D eigenvalue weighted by Crippen LogP contribution is -2.44. The van der Waals surface area contributed by atoms with E-state index in [1.54, 1.807) is 12.1 Å². The molecule has 0 atom stereocenters. The Balaban J connectivity index is 1.36. The van der Waals surface area contributed by atoms with E-state index >= 15 is 0 Å². The maximum atomic E-state index is 14.7. The molecule has 6 bridgehead atoms. The highest BCUT2D eigenvalue weighted by Crippen LogP contribution is 2.37. The quantitative estimate of drug-likeness (QED) is 0.553. The number of rotatable bonds is 1. The van der Waals surface area contributed by atoms with Crippen LogP contribution in [0, 0.1) is 5.82 Å². The minimum absolute atomic E-state index is 0.211. The highest BCUT2D eigenvalue weighted by atomic mass is 19.1. The lowest BCUT2D eigenvalue weighted by Gasteiger charge is -2.35. The number of nitrogens with zero attached hydrogens (tertiary/aromatic N) is 4. The lowest BCUT2D eigenvalue weighted by atomic mass is 9.89. The maximum Gasteiger partial charge on any atom is 0.227 e. The monoisotopic (exact) mass is 491 g/mol. The number of nitrogens with one attached hydrogen (secondary N) is 1. The predicted octanol–water partition coefficient (Wildman–Crippen LogP) is 3.66. The van der Waals surface area contributed by atoms with E-state index in [1.165, 1.54) is 0 Å². The molecule has 0 amide bonds. The van der Waals surface area contributed by atoms with Gasteiger partial charge in [-0.1, -0.05) is 0 Å². The van der Waals surface area contributed by atoms with Crippen molar-refractivity contribution in [3.63, 3.8) is 0 Å². The first-order chi connectivity index (χ1) is 17.6. The van der Waals surface area contributed by atoms with Gasteiger partial charge >= 0.3 is 0 Å². The van der Waals surface area contributed by atoms with Gasteiger partial charge in [-0.05, 0) is 55.3 Å². The molecule has 1 saturated heterocycles. The first-order valence-corrected chi connectivity index (χ1v) is 12.5. The van der Waals surface area contributed by atoms with E-state index in [9.17, 15) is 4.39 Å². The van der Waals surface area contributed by atoms with E-state index in [1.807, 2.05) is 18.3 Å². The van der Waals surface area contributed by atoms with Crippen LogP contribution >= 0.6 is 0 Å². The second-order valence-corrected chi connectivity index (χ2v) is 9.41. The Kier molecular flexibility index (Phi) is 6.33. The van der Waals surface area contributed by atoms with Gasteiger partial charge in [0, 0.05) is 49.7 Å². The average molecular weight is 492 g/mol. The Hall–Kier alpha value is -3.43. The number of anilines is 3. The van der Waals surface area contributed by atoms with Crippen LogP contribution in [-0.2, 0) is 17.6 Å². The van der Waals surface area contributed by atoms with Crippen LogP contribution < -0.4 is 19.7 Å². The number of halogens is 1. The highest BCUT2D eigenvalue weighted by molar-refractivity contribution is 5.73. The molecule has 36 heavy (non-hydrogen) atoms. The van der Waals surface area contributed by atoms with Gasteiger partial charge in [0.2, 0.25) is 5.95 Å². The molecule has 9 heteroatoms. The number of benzene rings is 2. The molecule has 1 aromatic heterocycles. The fraction of sp³-hybridized carbons (Fsp3) is 0.407. The van der Waals surface area contributed by atoms with Crippen molar-refractivity contribution >= 4 is 17.3 Å². The molecule has 1 aliphatic carbocycles. The van der Waals surface area contributed by atoms with Crippen LogP contribution in [0.25, 0.3) is 11.3 Å². The molecule has 3 aliphatic rings. The van der Waals surface area contributed by atoms with Crippen LogP contribution in [-0.4, -0.2) is 74.5 Å². The molecule has 2 aromatic carbocycles. The van der Waals surface area contributed by atoms with E-state index in [4.69, 9.17) is 19.2 Å². The van der Waals surface area contributed by atoms with E-state index in [2.05, 4.69) is 33.2 Å². The maximum absolute atomic E-state index is 14.7. The number of hydrogen-bond acceptors (Lipinski definition) is 8. The fourth-order valence-electron chi connectivity index (χ4n) is 4.95. The molecule has 1 fully saturated rings. The molecule has 3 heterocycles. The summed E-state index contributed by atoms with van der Waals surface area (Å²) in [5.74, 6) is 1.13. The van der Waals surface area contributed by atoms with Gasteiger partial charge in [0.1, 0.15) is 19.0 Å². The van der Waals surface area contributed by atoms with Crippen molar-refractivity contribution in [2.24, 2.45) is 0 Å². The van der Waals surface area contributed by atoms with Crippen LogP contribution in [0.4, 0.5) is 21.7 Å². The van der Waals surface area contributed by atoms with Crippen LogP contribution in [0.2, 0.25) is 0 Å². The van der Waals surface area contributed by atoms with Gasteiger partial charge in [0.15, 0.2) is 11.6 Å². The predicted molar refractivity (Wildman–Crippen MR) is 136 cm³/mol. The van der Waals surface area contributed by atoms with Crippen molar-refractivity contribution < 1.29 is 18.6 Å². The van der Waals surface area contributed by atoms with Gasteiger partial charge < -0.3 is 29.3 Å². The lowest BCUT2D eigenvalue weighted by molar-refractivity contribution is 0.0755. The van der Waals surface area contributed by atoms with E-state index in [0.29, 0.717) is 25.8 Å². The number of hydrogen-bond donors (Lipinski definition) is 1. The SMILES string of the molecule is CN1CCN(c2ccc3cc2OCCOCCOc2cc4c(cc2F)CCc2cnc(nc2-4)N3)CC1. The molecular formula is C27H30FN5O3. The first kappa shape index (κ1) is 23.0. The van der Waals surface area contributed by atoms with Gasteiger partial charge in [-0.15, -0.1) is 0 Å². The number of aryl methyl sites for hydroxylation is 2. The molecule has 0 radical (unpaired) electrons. The highest BCUT2D eigenvalue weighted by Gasteiger charge is 2.23. The standard InChI is InChI=1S/C27H30FN5O3/c1-32-6-8-33(9-7-32)23-5-4-20-15-25(23)36-13-11-34-10-12-35-24-16-21-18(14-22(24)28)2-3-19-17-29-27(30-20)31-26(19)21/h4-5,14-17H,2-3,6-13H2,1H3,(H,29,30,31). The molecule has 8 nitrogen and oxygen atoms in total. The summed E-state index contributed by atoms with van der Waals surface area (Å²) in [4.78, 5) is 14.1. The first-order valence-electron chi connectivity index (χ1n) is 12.5. The third kappa shape index (κ3) is 4.68. The van der Waals surface area contributed by atoms with Gasteiger partial charge in [-0.3, -0.25) is 0 Å². The summed E-state index contributed by atoms with van der Waals surface area (Å²) in [5, 5.41) is 3.34. The van der Waals surface area contributed by atoms with Crippen LogP contribution in [0.15, 0.2) is 36.5 Å². The minimum atomic E-state index is -0.363. The third-order valence-corrected chi connectivity index (χ3v) is 6.97. The van der Waals surface area contributed by atoms with Gasteiger partial charge in [-0.25, -0.2) is 14.4 Å². The summed E-state index contributed by atoms with van der Waals surface area (Å²) in [6.45, 7) is 5.30. The Morgan fingerprint density at radius 2 is 1.67 bits per heavy atom. The topological polar surface area (TPSA) is 72.0 Å². The summed E-state index contributed by atoms with van der Waals surface area (Å²) in [6.07, 6.45) is 3.37. The fourth-order valence-corrected chi connectivity index (χ4v) is 4.95. The Labute approximate surface area is 210 Å². The number of fused-ring (bicyclic) bond motifs is 4. The van der Waals surface area contributed by atoms with Crippen LogP contribution in [0.5, 0.6) is 11.5 Å². The van der Waals surface area contributed by atoms with Gasteiger partial charge in [-0.2, -0.15) is 0 Å². The number of ether oxygens (including phenoxy) is 3. The van der Waals surface area contributed by atoms with Gasteiger partial charge in [0.05, 0.1) is 24.6 Å². The van der Waals surface area contributed by atoms with Crippen molar-refractivity contribution in [2.45, 2.75) is 12.8 Å². The number of likely N-dealkylation sites (N-methyl/N-ethyl adjacent to an activating group) is 1. The van der Waals surface area contributed by atoms with E-state index in [-0.39, 0.29) is 18.2 Å². The van der Waals surface area contributed by atoms with Crippen molar-refractivity contribution in [3.05, 3.63) is 53.5 Å². The zero-order valence-electron chi connectivity index (χ0n) is 20.4. The second-order valence-electron chi connectivity index (χ2n) is 9.41. The Morgan fingerprint density at radius 3 is 2.50 bits per heavy atom. The molecule has 0 spiro atoms. The Morgan fingerprint density at radius 1 is 0.889 bits per heavy atom. The minimum Gasteiger partial charge on any atom is -0.489 e. The summed E-state index contributed by atoms with van der Waals surface area (Å²) >= 11 is 0. The van der Waals surface area contributed by atoms with E-state index in [0.717, 1.165) is 78.5 Å². The molecular weight excluding hydrogens is 461 g/mol. The van der Waals surface area contributed by atoms with Crippen molar-refractivity contribution in [2.75, 3.05) is 69.9 Å². The number of piperazine rings is 1. The number of aromatic nitrogens is 2. The molecule has 188 valence electrons. The summed E-state index contributed by atoms with van der Waals surface area (Å²) < 4.78 is 32.3. The normalized spacial score (nSPS) is 18.1. The van der Waals surface area contributed by atoms with Crippen LogP contribution in [0.1, 0.15) is 11.1 Å². The zero-order valence-corrected chi connectivity index (χ0v) is 20.4. The Bertz CT molecular complexity index is 1260. The molecule has 1 N–H and O–H groups in total. The zero-order chi connectivity index (χ0) is 24.5. The summed E-state index contributed by atoms with van der Waals surface area (Å²) in [7, 11) is 2.14. The summed E-state index contributed by atoms with van der Waals surface area (Å²) in [6, 6.07) is 9.44. The third-order valence-electron chi connectivity index (χ3n) is 6.97. The van der Waals surface area contributed by atoms with Crippen molar-refractivity contribution in [3.8, 4) is 22.8 Å². The largest absolute Gasteiger partial charge is 0.489 e.